The molecule has 4 heteroatoms. The molecule has 20 heavy (non-hydrogen) atoms. The van der Waals surface area contributed by atoms with Crippen LogP contribution in [0.3, 0.4) is 0 Å². The second-order valence-corrected chi connectivity index (χ2v) is 4.79. The fraction of sp³-hybridized carbons (Fsp3) is 0.375. The Labute approximate surface area is 120 Å². The Bertz CT molecular complexity index is 566. The van der Waals surface area contributed by atoms with Gasteiger partial charge in [0.15, 0.2) is 0 Å². The first kappa shape index (κ1) is 14.5. The van der Waals surface area contributed by atoms with Crippen molar-refractivity contribution in [2.24, 2.45) is 5.73 Å². The summed E-state index contributed by atoms with van der Waals surface area (Å²) < 4.78 is 5.86. The minimum Gasteiger partial charge on any atom is -0.454 e. The molecular weight excluding hydrogens is 250 g/mol. The van der Waals surface area contributed by atoms with Gasteiger partial charge in [0.25, 0.3) is 0 Å². The van der Waals surface area contributed by atoms with E-state index in [0.717, 1.165) is 35.7 Å². The molecule has 2 N–H and O–H groups in total. The number of pyridine rings is 2. The first-order chi connectivity index (χ1) is 9.63. The summed E-state index contributed by atoms with van der Waals surface area (Å²) in [4.78, 5) is 8.83. The summed E-state index contributed by atoms with van der Waals surface area (Å²) in [6, 6.07) is 7.70. The van der Waals surface area contributed by atoms with Crippen LogP contribution in [0.15, 0.2) is 30.5 Å². The van der Waals surface area contributed by atoms with Crippen LogP contribution in [-0.4, -0.2) is 9.97 Å². The molecule has 0 aliphatic carbocycles. The number of aryl methyl sites for hydroxylation is 2. The minimum atomic E-state index is -0.0173. The Morgan fingerprint density at radius 3 is 2.60 bits per heavy atom. The van der Waals surface area contributed by atoms with Crippen molar-refractivity contribution >= 4 is 0 Å². The number of rotatable bonds is 5. The average molecular weight is 271 g/mol. The largest absolute Gasteiger partial charge is 0.454 e. The van der Waals surface area contributed by atoms with Crippen molar-refractivity contribution in [2.75, 3.05) is 0 Å². The summed E-state index contributed by atoms with van der Waals surface area (Å²) in [5.74, 6) is 1.49. The highest BCUT2D eigenvalue weighted by Gasteiger charge is 2.08. The van der Waals surface area contributed by atoms with Crippen LogP contribution in [0.1, 0.15) is 43.4 Å². The van der Waals surface area contributed by atoms with Gasteiger partial charge in [0.1, 0.15) is 11.5 Å². The molecule has 2 aromatic rings. The molecule has 2 heterocycles. The molecule has 0 fully saturated rings. The quantitative estimate of drug-likeness (QED) is 0.903. The second kappa shape index (κ2) is 6.48. The zero-order valence-corrected chi connectivity index (χ0v) is 12.3. The van der Waals surface area contributed by atoms with Gasteiger partial charge >= 0.3 is 0 Å². The van der Waals surface area contributed by atoms with Crippen LogP contribution in [0.25, 0.3) is 0 Å². The van der Waals surface area contributed by atoms with Crippen molar-refractivity contribution in [1.82, 2.24) is 9.97 Å². The van der Waals surface area contributed by atoms with E-state index in [-0.39, 0.29) is 6.04 Å². The summed E-state index contributed by atoms with van der Waals surface area (Å²) in [6.07, 6.45) is 3.42. The van der Waals surface area contributed by atoms with E-state index in [4.69, 9.17) is 10.5 Å². The Balaban J connectivity index is 2.18. The molecule has 0 amide bonds. The van der Waals surface area contributed by atoms with Crippen LogP contribution in [0.4, 0.5) is 0 Å². The predicted molar refractivity (Wildman–Crippen MR) is 79.9 cm³/mol. The Kier molecular flexibility index (Phi) is 4.69. The van der Waals surface area contributed by atoms with Crippen LogP contribution >= 0.6 is 0 Å². The van der Waals surface area contributed by atoms with Gasteiger partial charge in [-0.1, -0.05) is 13.8 Å². The maximum atomic E-state index is 5.95. The molecule has 4 nitrogen and oxygen atoms in total. The summed E-state index contributed by atoms with van der Waals surface area (Å²) in [6.45, 7) is 6.09. The maximum absolute atomic E-state index is 5.95. The summed E-state index contributed by atoms with van der Waals surface area (Å²) >= 11 is 0. The predicted octanol–water partition coefficient (Wildman–Crippen LogP) is 3.55. The lowest BCUT2D eigenvalue weighted by Gasteiger charge is -2.11. The monoisotopic (exact) mass is 271 g/mol. The van der Waals surface area contributed by atoms with Crippen molar-refractivity contribution in [2.45, 2.75) is 39.7 Å². The van der Waals surface area contributed by atoms with Crippen LogP contribution in [0.2, 0.25) is 0 Å². The van der Waals surface area contributed by atoms with Crippen molar-refractivity contribution in [3.63, 3.8) is 0 Å². The summed E-state index contributed by atoms with van der Waals surface area (Å²) in [5, 5.41) is 0. The third-order valence-corrected chi connectivity index (χ3v) is 3.21. The van der Waals surface area contributed by atoms with E-state index in [1.807, 2.05) is 38.1 Å². The first-order valence-electron chi connectivity index (χ1n) is 7.00. The molecule has 106 valence electrons. The van der Waals surface area contributed by atoms with Crippen LogP contribution < -0.4 is 10.5 Å². The molecule has 0 spiro atoms. The van der Waals surface area contributed by atoms with Gasteiger partial charge < -0.3 is 10.5 Å². The standard InChI is InChI=1S/C16H21N3O/c1-4-13(17)15-8-7-12(10-18-15)20-16-9-6-11(3)19-14(16)5-2/h6-10,13H,4-5,17H2,1-3H3/t13-/m1/s1. The van der Waals surface area contributed by atoms with Crippen LogP contribution in [0.5, 0.6) is 11.5 Å². The molecule has 0 bridgehead atoms. The van der Waals surface area contributed by atoms with Crippen LogP contribution in [0, 0.1) is 6.92 Å². The molecule has 1 atom stereocenters. The summed E-state index contributed by atoms with van der Waals surface area (Å²) in [7, 11) is 0. The second-order valence-electron chi connectivity index (χ2n) is 4.79. The highest BCUT2D eigenvalue weighted by molar-refractivity contribution is 5.34. The summed E-state index contributed by atoms with van der Waals surface area (Å²) in [5.41, 5.74) is 8.79. The fourth-order valence-electron chi connectivity index (χ4n) is 1.95. The molecule has 2 aromatic heterocycles. The van der Waals surface area contributed by atoms with Crippen molar-refractivity contribution in [3.8, 4) is 11.5 Å². The number of hydrogen-bond donors (Lipinski definition) is 1. The molecule has 0 aromatic carbocycles. The van der Waals surface area contributed by atoms with Crippen molar-refractivity contribution in [3.05, 3.63) is 47.5 Å². The van der Waals surface area contributed by atoms with E-state index in [0.29, 0.717) is 5.75 Å². The SMILES string of the molecule is CCc1nc(C)ccc1Oc1ccc([C@H](N)CC)nc1. The van der Waals surface area contributed by atoms with E-state index in [2.05, 4.69) is 16.9 Å². The van der Waals surface area contributed by atoms with Gasteiger partial charge in [0.2, 0.25) is 0 Å². The molecule has 0 radical (unpaired) electrons. The highest BCUT2D eigenvalue weighted by Crippen LogP contribution is 2.25. The third kappa shape index (κ3) is 3.33. The Morgan fingerprint density at radius 2 is 2.00 bits per heavy atom. The van der Waals surface area contributed by atoms with E-state index in [1.165, 1.54) is 0 Å². The Morgan fingerprint density at radius 1 is 1.20 bits per heavy atom. The van der Waals surface area contributed by atoms with Crippen molar-refractivity contribution < 1.29 is 4.74 Å². The third-order valence-electron chi connectivity index (χ3n) is 3.21. The van der Waals surface area contributed by atoms with Gasteiger partial charge in [-0.2, -0.15) is 0 Å². The van der Waals surface area contributed by atoms with E-state index in [9.17, 15) is 0 Å². The lowest BCUT2D eigenvalue weighted by Crippen LogP contribution is -2.10. The van der Waals surface area contributed by atoms with Gasteiger partial charge in [0.05, 0.1) is 17.6 Å². The number of nitrogens with two attached hydrogens (primary N) is 1. The van der Waals surface area contributed by atoms with Gasteiger partial charge in [-0.05, 0) is 44.0 Å². The zero-order chi connectivity index (χ0) is 14.5. The number of nitrogens with zero attached hydrogens (tertiary/aromatic N) is 2. The molecule has 0 unspecified atom stereocenters. The molecule has 0 saturated heterocycles. The van der Waals surface area contributed by atoms with Crippen LogP contribution in [-0.2, 0) is 6.42 Å². The number of hydrogen-bond acceptors (Lipinski definition) is 4. The normalized spacial score (nSPS) is 12.2. The first-order valence-corrected chi connectivity index (χ1v) is 7.00. The van der Waals surface area contributed by atoms with E-state index in [1.54, 1.807) is 6.20 Å². The highest BCUT2D eigenvalue weighted by atomic mass is 16.5. The van der Waals surface area contributed by atoms with E-state index < -0.39 is 0 Å². The fourth-order valence-corrected chi connectivity index (χ4v) is 1.95. The average Bonchev–Trinajstić information content (AvgIpc) is 2.49. The maximum Gasteiger partial charge on any atom is 0.148 e. The molecule has 0 aliphatic rings. The molecule has 0 aliphatic heterocycles. The van der Waals surface area contributed by atoms with Gasteiger partial charge in [-0.15, -0.1) is 0 Å². The Hall–Kier alpha value is -1.94. The van der Waals surface area contributed by atoms with Gasteiger partial charge in [-0.3, -0.25) is 9.97 Å². The molecular formula is C16H21N3O. The lowest BCUT2D eigenvalue weighted by molar-refractivity contribution is 0.469. The lowest BCUT2D eigenvalue weighted by atomic mass is 10.1. The number of aromatic nitrogens is 2. The van der Waals surface area contributed by atoms with Gasteiger partial charge in [0, 0.05) is 11.7 Å². The molecule has 0 saturated carbocycles. The topological polar surface area (TPSA) is 61.0 Å². The van der Waals surface area contributed by atoms with Crippen molar-refractivity contribution in [1.29, 1.82) is 0 Å². The van der Waals surface area contributed by atoms with E-state index >= 15 is 0 Å². The molecule has 2 rings (SSSR count). The minimum absolute atomic E-state index is 0.0173. The number of ether oxygens (including phenoxy) is 1. The smallest absolute Gasteiger partial charge is 0.148 e. The zero-order valence-electron chi connectivity index (χ0n) is 12.3. The van der Waals surface area contributed by atoms with Gasteiger partial charge in [-0.25, -0.2) is 0 Å².